The molecule has 1 saturated carbocycles. The topological polar surface area (TPSA) is 57.2 Å². The minimum absolute atomic E-state index is 0.0907. The van der Waals surface area contributed by atoms with Crippen LogP contribution in [0, 0.1) is 23.7 Å². The van der Waals surface area contributed by atoms with E-state index in [-0.39, 0.29) is 11.8 Å². The Hall–Kier alpha value is -0.200. The fourth-order valence-corrected chi connectivity index (χ4v) is 4.63. The molecule has 114 valence electrons. The van der Waals surface area contributed by atoms with Gasteiger partial charge in [-0.3, -0.25) is 0 Å². The largest absolute Gasteiger partial charge is 0.368 e. The van der Waals surface area contributed by atoms with E-state index >= 15 is 0 Å². The third-order valence-corrected chi connectivity index (χ3v) is 5.78. The molecule has 4 heterocycles. The van der Waals surface area contributed by atoms with E-state index in [0.29, 0.717) is 18.8 Å². The van der Waals surface area contributed by atoms with Crippen LogP contribution in [0.15, 0.2) is 0 Å². The molecular weight excluding hydrogens is 260 g/mol. The minimum atomic E-state index is -2.33. The van der Waals surface area contributed by atoms with Crippen LogP contribution < -0.4 is 0 Å². The lowest BCUT2D eigenvalue weighted by Gasteiger charge is -2.59. The van der Waals surface area contributed by atoms with E-state index in [1.165, 1.54) is 0 Å². The zero-order valence-electron chi connectivity index (χ0n) is 14.9. The summed E-state index contributed by atoms with van der Waals surface area (Å²) in [6.07, 6.45) is 0.867. The molecule has 0 aromatic rings. The highest BCUT2D eigenvalue weighted by Gasteiger charge is 2.69. The second-order valence-electron chi connectivity index (χ2n) is 6.96. The molecule has 1 spiro atoms. The van der Waals surface area contributed by atoms with Crippen molar-refractivity contribution in [1.29, 1.82) is 0 Å². The van der Waals surface area contributed by atoms with E-state index < -0.39 is 36.7 Å². The second-order valence-corrected chi connectivity index (χ2v) is 6.96. The van der Waals surface area contributed by atoms with Gasteiger partial charge in [-0.25, -0.2) is 9.78 Å². The van der Waals surface area contributed by atoms with E-state index in [9.17, 15) is 5.11 Å². The van der Waals surface area contributed by atoms with Crippen LogP contribution in [-0.2, 0) is 19.2 Å². The summed E-state index contributed by atoms with van der Waals surface area (Å²) < 4.78 is 35.2. The Morgan fingerprint density at radius 1 is 1.20 bits per heavy atom. The van der Waals surface area contributed by atoms with Gasteiger partial charge in [0, 0.05) is 22.4 Å². The van der Waals surface area contributed by atoms with Crippen LogP contribution in [0.5, 0.6) is 0 Å². The molecule has 5 rings (SSSR count). The van der Waals surface area contributed by atoms with Crippen molar-refractivity contribution in [2.24, 2.45) is 23.7 Å². The molecule has 0 aromatic heterocycles. The SMILES string of the molecule is [2H]C([2H])([2H])[C@H]1[C@@H](O)O[C@@H]2O[C@@]3(C)CC[C@H]4[C@H](C)CC[C@@H]1[C@@]24OO3. The van der Waals surface area contributed by atoms with Gasteiger partial charge in [0.05, 0.1) is 0 Å². The molecule has 5 aliphatic rings. The maximum Gasteiger partial charge on any atom is 0.201 e. The van der Waals surface area contributed by atoms with E-state index in [1.807, 2.05) is 0 Å². The molecule has 5 heteroatoms. The highest BCUT2D eigenvalue weighted by Crippen LogP contribution is 2.60. The quantitative estimate of drug-likeness (QED) is 0.692. The van der Waals surface area contributed by atoms with Crippen LogP contribution in [-0.4, -0.2) is 29.1 Å². The molecule has 4 aliphatic heterocycles. The molecule has 20 heavy (non-hydrogen) atoms. The Labute approximate surface area is 123 Å². The lowest BCUT2D eigenvalue weighted by molar-refractivity contribution is -0.576. The van der Waals surface area contributed by atoms with Crippen molar-refractivity contribution in [3.05, 3.63) is 0 Å². The zero-order valence-corrected chi connectivity index (χ0v) is 11.9. The average Bonchev–Trinajstić information content (AvgIpc) is 2.66. The first-order valence-corrected chi connectivity index (χ1v) is 7.55. The van der Waals surface area contributed by atoms with E-state index in [1.54, 1.807) is 6.92 Å². The van der Waals surface area contributed by atoms with Crippen LogP contribution in [0.4, 0.5) is 0 Å². The third-order valence-electron chi connectivity index (χ3n) is 5.78. The summed E-state index contributed by atoms with van der Waals surface area (Å²) in [5.74, 6) is -1.84. The Morgan fingerprint density at radius 3 is 2.85 bits per heavy atom. The molecule has 4 saturated heterocycles. The van der Waals surface area contributed by atoms with Gasteiger partial charge in [-0.2, -0.15) is 0 Å². The van der Waals surface area contributed by atoms with Crippen molar-refractivity contribution in [3.63, 3.8) is 0 Å². The third kappa shape index (κ3) is 1.56. The lowest BCUT2D eigenvalue weighted by Crippen LogP contribution is -2.70. The van der Waals surface area contributed by atoms with Gasteiger partial charge in [0.2, 0.25) is 5.79 Å². The first-order valence-electron chi connectivity index (χ1n) is 9.05. The first kappa shape index (κ1) is 10.5. The molecule has 0 radical (unpaired) electrons. The molecule has 8 atom stereocenters. The van der Waals surface area contributed by atoms with Crippen LogP contribution in [0.25, 0.3) is 0 Å². The molecule has 2 bridgehead atoms. The monoisotopic (exact) mass is 287 g/mol. The summed E-state index contributed by atoms with van der Waals surface area (Å²) in [6.45, 7) is 1.63. The van der Waals surface area contributed by atoms with Gasteiger partial charge in [-0.05, 0) is 38.0 Å². The standard InChI is InChI=1S/C15H24O5/c1-8-4-5-11-9(2)12(16)17-13-15(11)10(8)6-7-14(3,18-13)19-20-15/h8-13,16H,4-7H2,1-3H3/t8-,9-,10+,11+,12+,13-,14-,15-/m1/s1/i2D3. The van der Waals surface area contributed by atoms with Crippen molar-refractivity contribution in [2.45, 2.75) is 70.4 Å². The molecule has 5 nitrogen and oxygen atoms in total. The fourth-order valence-electron chi connectivity index (χ4n) is 4.63. The molecule has 1 N–H and O–H groups in total. The van der Waals surface area contributed by atoms with Crippen LogP contribution in [0.2, 0.25) is 0 Å². The zero-order chi connectivity index (χ0) is 16.6. The van der Waals surface area contributed by atoms with Gasteiger partial charge in [0.15, 0.2) is 18.2 Å². The average molecular weight is 287 g/mol. The smallest absolute Gasteiger partial charge is 0.201 e. The summed E-state index contributed by atoms with van der Waals surface area (Å²) in [5, 5.41) is 10.4. The van der Waals surface area contributed by atoms with Crippen LogP contribution in [0.1, 0.15) is 50.5 Å². The molecule has 5 fully saturated rings. The minimum Gasteiger partial charge on any atom is -0.368 e. The molecular formula is C15H24O5. The summed E-state index contributed by atoms with van der Waals surface area (Å²) >= 11 is 0. The maximum absolute atomic E-state index is 10.4. The van der Waals surface area contributed by atoms with Gasteiger partial charge < -0.3 is 14.6 Å². The molecule has 0 amide bonds. The number of rotatable bonds is 0. The molecule has 0 unspecified atom stereocenters. The van der Waals surface area contributed by atoms with Crippen molar-refractivity contribution in [1.82, 2.24) is 0 Å². The number of aliphatic hydroxyl groups is 1. The van der Waals surface area contributed by atoms with Gasteiger partial charge >= 0.3 is 0 Å². The summed E-state index contributed by atoms with van der Waals surface area (Å²) in [7, 11) is 0. The van der Waals surface area contributed by atoms with Gasteiger partial charge in [-0.15, -0.1) is 0 Å². The van der Waals surface area contributed by atoms with Gasteiger partial charge in [0.25, 0.3) is 0 Å². The van der Waals surface area contributed by atoms with E-state index in [0.717, 1.165) is 12.8 Å². The maximum atomic E-state index is 10.4. The summed E-state index contributed by atoms with van der Waals surface area (Å²) in [4.78, 5) is 11.5. The number of aliphatic hydroxyl groups excluding tert-OH is 1. The van der Waals surface area contributed by atoms with Gasteiger partial charge in [0.1, 0.15) is 0 Å². The lowest BCUT2D eigenvalue weighted by atomic mass is 9.58. The van der Waals surface area contributed by atoms with E-state index in [2.05, 4.69) is 6.92 Å². The molecule has 1 aliphatic carbocycles. The van der Waals surface area contributed by atoms with Crippen molar-refractivity contribution in [3.8, 4) is 0 Å². The number of ether oxygens (including phenoxy) is 2. The Kier molecular flexibility index (Phi) is 2.19. The van der Waals surface area contributed by atoms with Gasteiger partial charge in [-0.1, -0.05) is 13.8 Å². The van der Waals surface area contributed by atoms with Crippen LogP contribution >= 0.6 is 0 Å². The number of hydrogen-bond donors (Lipinski definition) is 1. The Morgan fingerprint density at radius 2 is 2.05 bits per heavy atom. The Balaban J connectivity index is 1.82. The summed E-state index contributed by atoms with van der Waals surface area (Å²) in [5.41, 5.74) is -0.952. The fraction of sp³-hybridized carbons (Fsp3) is 1.00. The van der Waals surface area contributed by atoms with Crippen molar-refractivity contribution < 1.29 is 28.5 Å². The second kappa shape index (κ2) is 4.17. The predicted molar refractivity (Wildman–Crippen MR) is 69.0 cm³/mol. The number of fused-ring (bicyclic) bond motifs is 2. The van der Waals surface area contributed by atoms with Crippen LogP contribution in [0.3, 0.4) is 0 Å². The first-order chi connectivity index (χ1) is 10.7. The number of hydrogen-bond acceptors (Lipinski definition) is 5. The Bertz CT molecular complexity index is 500. The van der Waals surface area contributed by atoms with Crippen molar-refractivity contribution >= 4 is 0 Å². The highest BCUT2D eigenvalue weighted by molar-refractivity contribution is 5.08. The predicted octanol–water partition coefficient (Wildman–Crippen LogP) is 2.19. The normalized spacial score (nSPS) is 64.7. The molecule has 0 aromatic carbocycles. The highest BCUT2D eigenvalue weighted by atomic mass is 17.3. The summed E-state index contributed by atoms with van der Waals surface area (Å²) in [6, 6.07) is 0. The van der Waals surface area contributed by atoms with E-state index in [4.69, 9.17) is 23.4 Å². The van der Waals surface area contributed by atoms with Crippen molar-refractivity contribution in [2.75, 3.05) is 0 Å².